The summed E-state index contributed by atoms with van der Waals surface area (Å²) in [5.41, 5.74) is 0.411. The fraction of sp³-hybridized carbons (Fsp3) is 0.0625. The first-order chi connectivity index (χ1) is 10.4. The molecule has 1 N–H and O–H groups in total. The molecule has 0 aromatic heterocycles. The number of aliphatic carboxylic acids is 1. The molecule has 0 heterocycles. The minimum atomic E-state index is -0.833. The highest BCUT2D eigenvalue weighted by molar-refractivity contribution is 6.02. The van der Waals surface area contributed by atoms with E-state index in [-0.39, 0.29) is 11.1 Å². The van der Waals surface area contributed by atoms with E-state index < -0.39 is 23.7 Å². The SMILES string of the molecule is CC(=O)O.O=C(OC(=O)c1ccc(F)cc1)c1ccccc1. The van der Waals surface area contributed by atoms with Gasteiger partial charge >= 0.3 is 11.9 Å². The van der Waals surface area contributed by atoms with Gasteiger partial charge in [0.05, 0.1) is 11.1 Å². The fourth-order valence-corrected chi connectivity index (χ4v) is 1.36. The second kappa shape index (κ2) is 8.31. The lowest BCUT2D eigenvalue weighted by Crippen LogP contribution is -2.12. The first-order valence-electron chi connectivity index (χ1n) is 6.17. The third-order valence-electron chi connectivity index (χ3n) is 2.27. The van der Waals surface area contributed by atoms with Crippen molar-refractivity contribution in [2.24, 2.45) is 0 Å². The van der Waals surface area contributed by atoms with Crippen molar-refractivity contribution in [3.63, 3.8) is 0 Å². The van der Waals surface area contributed by atoms with Crippen LogP contribution in [0.1, 0.15) is 27.6 Å². The number of carboxylic acids is 1. The topological polar surface area (TPSA) is 80.7 Å². The largest absolute Gasteiger partial charge is 0.481 e. The van der Waals surface area contributed by atoms with Gasteiger partial charge in [0.2, 0.25) is 0 Å². The molecule has 2 rings (SSSR count). The van der Waals surface area contributed by atoms with Gasteiger partial charge in [-0.15, -0.1) is 0 Å². The summed E-state index contributed by atoms with van der Waals surface area (Å²) in [4.78, 5) is 32.2. The molecule has 5 nitrogen and oxygen atoms in total. The van der Waals surface area contributed by atoms with Crippen LogP contribution in [0.25, 0.3) is 0 Å². The summed E-state index contributed by atoms with van der Waals surface area (Å²) >= 11 is 0. The smallest absolute Gasteiger partial charge is 0.346 e. The molecule has 0 aliphatic carbocycles. The summed E-state index contributed by atoms with van der Waals surface area (Å²) in [6.45, 7) is 1.08. The fourth-order valence-electron chi connectivity index (χ4n) is 1.36. The van der Waals surface area contributed by atoms with E-state index in [0.29, 0.717) is 0 Å². The van der Waals surface area contributed by atoms with Gasteiger partial charge < -0.3 is 9.84 Å². The lowest BCUT2D eigenvalue weighted by atomic mass is 10.2. The Morgan fingerprint density at radius 2 is 1.27 bits per heavy atom. The molecule has 0 radical (unpaired) electrons. The number of ether oxygens (including phenoxy) is 1. The Labute approximate surface area is 126 Å². The number of carbonyl (C=O) groups is 3. The van der Waals surface area contributed by atoms with Crippen LogP contribution in [0.2, 0.25) is 0 Å². The lowest BCUT2D eigenvalue weighted by molar-refractivity contribution is -0.134. The molecule has 2 aromatic carbocycles. The highest BCUT2D eigenvalue weighted by Gasteiger charge is 2.14. The van der Waals surface area contributed by atoms with E-state index in [4.69, 9.17) is 9.90 Å². The Morgan fingerprint density at radius 3 is 1.73 bits per heavy atom. The molecule has 22 heavy (non-hydrogen) atoms. The van der Waals surface area contributed by atoms with Crippen LogP contribution in [0.4, 0.5) is 4.39 Å². The van der Waals surface area contributed by atoms with Crippen LogP contribution in [0, 0.1) is 5.82 Å². The predicted octanol–water partition coefficient (Wildman–Crippen LogP) is 2.91. The number of hydrogen-bond acceptors (Lipinski definition) is 4. The van der Waals surface area contributed by atoms with Crippen LogP contribution >= 0.6 is 0 Å². The molecule has 6 heteroatoms. The van der Waals surface area contributed by atoms with Crippen LogP contribution in [-0.4, -0.2) is 23.0 Å². The van der Waals surface area contributed by atoms with Crippen molar-refractivity contribution >= 4 is 17.9 Å². The van der Waals surface area contributed by atoms with E-state index in [1.807, 2.05) is 0 Å². The Hall–Kier alpha value is -3.02. The molecule has 0 spiro atoms. The van der Waals surface area contributed by atoms with Crippen LogP contribution < -0.4 is 0 Å². The minimum absolute atomic E-state index is 0.126. The van der Waals surface area contributed by atoms with Crippen LogP contribution in [0.3, 0.4) is 0 Å². The van der Waals surface area contributed by atoms with E-state index >= 15 is 0 Å². The first kappa shape index (κ1) is 17.0. The van der Waals surface area contributed by atoms with Crippen LogP contribution in [0.5, 0.6) is 0 Å². The Balaban J connectivity index is 0.000000541. The molecular formula is C16H13FO5. The quantitative estimate of drug-likeness (QED) is 0.681. The van der Waals surface area contributed by atoms with Gasteiger partial charge in [0.25, 0.3) is 5.97 Å². The Kier molecular flexibility index (Phi) is 6.43. The lowest BCUT2D eigenvalue weighted by Gasteiger charge is -2.02. The summed E-state index contributed by atoms with van der Waals surface area (Å²) in [6, 6.07) is 12.9. The van der Waals surface area contributed by atoms with E-state index in [1.54, 1.807) is 30.3 Å². The Morgan fingerprint density at radius 1 is 0.864 bits per heavy atom. The number of rotatable bonds is 2. The van der Waals surface area contributed by atoms with Gasteiger partial charge in [0.1, 0.15) is 5.82 Å². The van der Waals surface area contributed by atoms with Gasteiger partial charge in [-0.25, -0.2) is 14.0 Å². The van der Waals surface area contributed by atoms with Crippen molar-refractivity contribution in [2.45, 2.75) is 6.92 Å². The third-order valence-corrected chi connectivity index (χ3v) is 2.27. The van der Waals surface area contributed by atoms with E-state index in [1.165, 1.54) is 12.1 Å². The molecule has 0 bridgehead atoms. The molecule has 0 aliphatic rings. The van der Waals surface area contributed by atoms with Gasteiger partial charge in [-0.3, -0.25) is 4.79 Å². The van der Waals surface area contributed by atoms with Gasteiger partial charge in [-0.05, 0) is 36.4 Å². The molecular weight excluding hydrogens is 291 g/mol. The van der Waals surface area contributed by atoms with Crippen LogP contribution in [-0.2, 0) is 9.53 Å². The summed E-state index contributed by atoms with van der Waals surface area (Å²) in [7, 11) is 0. The van der Waals surface area contributed by atoms with Crippen molar-refractivity contribution < 1.29 is 28.6 Å². The third kappa shape index (κ3) is 5.96. The van der Waals surface area contributed by atoms with Gasteiger partial charge in [0, 0.05) is 6.92 Å². The predicted molar refractivity (Wildman–Crippen MR) is 75.9 cm³/mol. The van der Waals surface area contributed by atoms with E-state index in [2.05, 4.69) is 4.74 Å². The molecule has 0 unspecified atom stereocenters. The van der Waals surface area contributed by atoms with Gasteiger partial charge in [-0.1, -0.05) is 18.2 Å². The van der Waals surface area contributed by atoms with Crippen molar-refractivity contribution in [3.8, 4) is 0 Å². The average molecular weight is 304 g/mol. The standard InChI is InChI=1S/C14H9FO3.C2H4O2/c15-12-8-6-11(7-9-12)14(17)18-13(16)10-4-2-1-3-5-10;1-2(3)4/h1-9H;1H3,(H,3,4). The number of esters is 2. The number of hydrogen-bond donors (Lipinski definition) is 1. The van der Waals surface area contributed by atoms with E-state index in [9.17, 15) is 14.0 Å². The molecule has 0 saturated carbocycles. The van der Waals surface area contributed by atoms with Crippen molar-refractivity contribution in [2.75, 3.05) is 0 Å². The monoisotopic (exact) mass is 304 g/mol. The second-order valence-corrected chi connectivity index (χ2v) is 4.07. The van der Waals surface area contributed by atoms with Gasteiger partial charge in [0.15, 0.2) is 0 Å². The Bertz CT molecular complexity index is 646. The molecule has 0 saturated heterocycles. The van der Waals surface area contributed by atoms with E-state index in [0.717, 1.165) is 19.1 Å². The highest BCUT2D eigenvalue weighted by Crippen LogP contribution is 2.07. The number of halogens is 1. The summed E-state index contributed by atoms with van der Waals surface area (Å²) < 4.78 is 17.3. The molecule has 114 valence electrons. The zero-order valence-electron chi connectivity index (χ0n) is 11.7. The highest BCUT2D eigenvalue weighted by atomic mass is 19.1. The van der Waals surface area contributed by atoms with Gasteiger partial charge in [-0.2, -0.15) is 0 Å². The van der Waals surface area contributed by atoms with Crippen molar-refractivity contribution in [1.82, 2.24) is 0 Å². The van der Waals surface area contributed by atoms with Crippen molar-refractivity contribution in [3.05, 3.63) is 71.5 Å². The number of carboxylic acid groups (broad SMARTS) is 1. The molecule has 0 aliphatic heterocycles. The summed E-state index contributed by atoms with van der Waals surface area (Å²) in [5, 5.41) is 7.42. The molecule has 0 amide bonds. The number of carbonyl (C=O) groups excluding carboxylic acids is 2. The maximum atomic E-state index is 12.7. The maximum absolute atomic E-state index is 12.7. The molecule has 0 fully saturated rings. The summed E-state index contributed by atoms with van der Waals surface area (Å²) in [6.07, 6.45) is 0. The van der Waals surface area contributed by atoms with Crippen molar-refractivity contribution in [1.29, 1.82) is 0 Å². The number of benzene rings is 2. The minimum Gasteiger partial charge on any atom is -0.481 e. The average Bonchev–Trinajstić information content (AvgIpc) is 2.48. The maximum Gasteiger partial charge on any atom is 0.346 e. The molecule has 2 aromatic rings. The first-order valence-corrected chi connectivity index (χ1v) is 6.17. The summed E-state index contributed by atoms with van der Waals surface area (Å²) in [5.74, 6) is -2.82. The molecule has 0 atom stereocenters. The normalized spacial score (nSPS) is 9.18. The zero-order valence-corrected chi connectivity index (χ0v) is 11.7. The second-order valence-electron chi connectivity index (χ2n) is 4.07. The zero-order chi connectivity index (χ0) is 16.5. The van der Waals surface area contributed by atoms with Crippen LogP contribution in [0.15, 0.2) is 54.6 Å².